The Labute approximate surface area is 96.1 Å². The topological polar surface area (TPSA) is 46.5 Å². The standard InChI is InChI=1S/C13H18O3/c1-4-6-10(3)16-12-9(2)7-5-8-11(12)13(14)15/h5,7-8,10H,4,6H2,1-3H3,(H,14,15). The monoisotopic (exact) mass is 222 g/mol. The number of hydrogen-bond donors (Lipinski definition) is 1. The molecule has 3 heteroatoms. The lowest BCUT2D eigenvalue weighted by Crippen LogP contribution is -2.14. The first kappa shape index (κ1) is 12.6. The molecule has 3 nitrogen and oxygen atoms in total. The van der Waals surface area contributed by atoms with Crippen molar-refractivity contribution in [2.45, 2.75) is 39.7 Å². The number of para-hydroxylation sites is 1. The quantitative estimate of drug-likeness (QED) is 0.831. The molecule has 0 radical (unpaired) electrons. The highest BCUT2D eigenvalue weighted by Crippen LogP contribution is 2.25. The van der Waals surface area contributed by atoms with Gasteiger partial charge in [-0.1, -0.05) is 25.5 Å². The predicted octanol–water partition coefficient (Wildman–Crippen LogP) is 3.26. The summed E-state index contributed by atoms with van der Waals surface area (Å²) in [7, 11) is 0. The summed E-state index contributed by atoms with van der Waals surface area (Å²) in [6.45, 7) is 5.90. The van der Waals surface area contributed by atoms with Crippen molar-refractivity contribution in [3.63, 3.8) is 0 Å². The molecule has 1 rings (SSSR count). The molecule has 0 aliphatic heterocycles. The van der Waals surface area contributed by atoms with Crippen molar-refractivity contribution in [1.82, 2.24) is 0 Å². The predicted molar refractivity (Wildman–Crippen MR) is 63.1 cm³/mol. The fourth-order valence-electron chi connectivity index (χ4n) is 1.64. The number of carboxylic acids is 1. The lowest BCUT2D eigenvalue weighted by atomic mass is 10.1. The SMILES string of the molecule is CCCC(C)Oc1c(C)cccc1C(=O)O. The minimum absolute atomic E-state index is 0.0456. The van der Waals surface area contributed by atoms with E-state index in [0.717, 1.165) is 18.4 Å². The maximum Gasteiger partial charge on any atom is 0.339 e. The Morgan fingerprint density at radius 1 is 1.50 bits per heavy atom. The van der Waals surface area contributed by atoms with E-state index in [4.69, 9.17) is 9.84 Å². The van der Waals surface area contributed by atoms with E-state index in [1.54, 1.807) is 12.1 Å². The van der Waals surface area contributed by atoms with Gasteiger partial charge in [-0.2, -0.15) is 0 Å². The molecular weight excluding hydrogens is 204 g/mol. The summed E-state index contributed by atoms with van der Waals surface area (Å²) >= 11 is 0. The number of hydrogen-bond acceptors (Lipinski definition) is 2. The van der Waals surface area contributed by atoms with Gasteiger partial charge < -0.3 is 9.84 Å². The highest BCUT2D eigenvalue weighted by atomic mass is 16.5. The molecule has 0 amide bonds. The Morgan fingerprint density at radius 2 is 2.19 bits per heavy atom. The van der Waals surface area contributed by atoms with Gasteiger partial charge in [0.1, 0.15) is 11.3 Å². The molecule has 1 aromatic rings. The number of carbonyl (C=O) groups is 1. The number of ether oxygens (including phenoxy) is 1. The molecule has 1 N–H and O–H groups in total. The van der Waals surface area contributed by atoms with Crippen LogP contribution in [-0.2, 0) is 0 Å². The van der Waals surface area contributed by atoms with E-state index in [9.17, 15) is 4.79 Å². The summed E-state index contributed by atoms with van der Waals surface area (Å²) in [5.74, 6) is -0.446. The van der Waals surface area contributed by atoms with Crippen LogP contribution in [0.1, 0.15) is 42.6 Å². The summed E-state index contributed by atoms with van der Waals surface area (Å²) in [6, 6.07) is 5.17. The number of carboxylic acid groups (broad SMARTS) is 1. The molecule has 16 heavy (non-hydrogen) atoms. The number of aromatic carboxylic acids is 1. The molecule has 1 atom stereocenters. The maximum absolute atomic E-state index is 11.0. The highest BCUT2D eigenvalue weighted by Gasteiger charge is 2.15. The molecule has 1 aromatic carbocycles. The van der Waals surface area contributed by atoms with Gasteiger partial charge in [0.2, 0.25) is 0 Å². The van der Waals surface area contributed by atoms with Gasteiger partial charge >= 0.3 is 5.97 Å². The van der Waals surface area contributed by atoms with E-state index >= 15 is 0 Å². The van der Waals surface area contributed by atoms with Crippen LogP contribution in [0, 0.1) is 6.92 Å². The van der Waals surface area contributed by atoms with Crippen LogP contribution in [0.2, 0.25) is 0 Å². The lowest BCUT2D eigenvalue weighted by molar-refractivity contribution is 0.0689. The summed E-state index contributed by atoms with van der Waals surface area (Å²) in [6.07, 6.45) is 1.99. The van der Waals surface area contributed by atoms with Crippen LogP contribution < -0.4 is 4.74 Å². The van der Waals surface area contributed by atoms with Crippen molar-refractivity contribution in [3.05, 3.63) is 29.3 Å². The lowest BCUT2D eigenvalue weighted by Gasteiger charge is -2.17. The Morgan fingerprint density at radius 3 is 2.75 bits per heavy atom. The minimum atomic E-state index is -0.942. The summed E-state index contributed by atoms with van der Waals surface area (Å²) in [4.78, 5) is 11.0. The molecule has 0 heterocycles. The molecule has 0 aliphatic rings. The second-order valence-corrected chi connectivity index (χ2v) is 3.97. The van der Waals surface area contributed by atoms with Gasteiger partial charge in [0.05, 0.1) is 6.10 Å². The average molecular weight is 222 g/mol. The normalized spacial score (nSPS) is 12.2. The van der Waals surface area contributed by atoms with E-state index in [1.807, 2.05) is 19.9 Å². The van der Waals surface area contributed by atoms with E-state index in [2.05, 4.69) is 6.92 Å². The zero-order valence-corrected chi connectivity index (χ0v) is 9.99. The first-order valence-corrected chi connectivity index (χ1v) is 5.55. The largest absolute Gasteiger partial charge is 0.490 e. The summed E-state index contributed by atoms with van der Waals surface area (Å²) < 4.78 is 5.70. The van der Waals surface area contributed by atoms with Gasteiger partial charge in [-0.25, -0.2) is 4.79 Å². The second-order valence-electron chi connectivity index (χ2n) is 3.97. The Kier molecular flexibility index (Phi) is 4.35. The zero-order chi connectivity index (χ0) is 12.1. The Balaban J connectivity index is 2.97. The van der Waals surface area contributed by atoms with Crippen LogP contribution in [0.15, 0.2) is 18.2 Å². The molecule has 1 unspecified atom stereocenters. The smallest absolute Gasteiger partial charge is 0.339 e. The molecule has 0 aromatic heterocycles. The van der Waals surface area contributed by atoms with Gasteiger partial charge in [0.15, 0.2) is 0 Å². The molecule has 88 valence electrons. The van der Waals surface area contributed by atoms with E-state index in [-0.39, 0.29) is 11.7 Å². The molecule has 0 bridgehead atoms. The van der Waals surface area contributed by atoms with Crippen molar-refractivity contribution in [2.75, 3.05) is 0 Å². The van der Waals surface area contributed by atoms with Crippen molar-refractivity contribution >= 4 is 5.97 Å². The van der Waals surface area contributed by atoms with Crippen LogP contribution in [0.4, 0.5) is 0 Å². The number of rotatable bonds is 5. The Bertz CT molecular complexity index is 371. The van der Waals surface area contributed by atoms with Crippen molar-refractivity contribution in [2.24, 2.45) is 0 Å². The molecule has 0 saturated carbocycles. The van der Waals surface area contributed by atoms with E-state index < -0.39 is 5.97 Å². The van der Waals surface area contributed by atoms with Gasteiger partial charge in [-0.3, -0.25) is 0 Å². The van der Waals surface area contributed by atoms with Crippen molar-refractivity contribution in [3.8, 4) is 5.75 Å². The van der Waals surface area contributed by atoms with Gasteiger partial charge in [-0.05, 0) is 31.9 Å². The maximum atomic E-state index is 11.0. The highest BCUT2D eigenvalue weighted by molar-refractivity contribution is 5.91. The minimum Gasteiger partial charge on any atom is -0.490 e. The fraction of sp³-hybridized carbons (Fsp3) is 0.462. The van der Waals surface area contributed by atoms with Crippen LogP contribution in [0.5, 0.6) is 5.75 Å². The van der Waals surface area contributed by atoms with Crippen LogP contribution >= 0.6 is 0 Å². The average Bonchev–Trinajstić information content (AvgIpc) is 2.21. The van der Waals surface area contributed by atoms with Crippen molar-refractivity contribution < 1.29 is 14.6 Å². The van der Waals surface area contributed by atoms with Gasteiger partial charge in [0.25, 0.3) is 0 Å². The van der Waals surface area contributed by atoms with Crippen LogP contribution in [0.3, 0.4) is 0 Å². The van der Waals surface area contributed by atoms with Crippen molar-refractivity contribution in [1.29, 1.82) is 0 Å². The van der Waals surface area contributed by atoms with Crippen LogP contribution in [0.25, 0.3) is 0 Å². The third kappa shape index (κ3) is 2.99. The third-order valence-electron chi connectivity index (χ3n) is 2.46. The zero-order valence-electron chi connectivity index (χ0n) is 9.99. The third-order valence-corrected chi connectivity index (χ3v) is 2.46. The van der Waals surface area contributed by atoms with E-state index in [0.29, 0.717) is 5.75 Å². The summed E-state index contributed by atoms with van der Waals surface area (Å²) in [5, 5.41) is 9.05. The molecular formula is C13H18O3. The first-order chi connectivity index (χ1) is 7.56. The van der Waals surface area contributed by atoms with Crippen LogP contribution in [-0.4, -0.2) is 17.2 Å². The second kappa shape index (κ2) is 5.54. The number of aryl methyl sites for hydroxylation is 1. The van der Waals surface area contributed by atoms with Gasteiger partial charge in [0, 0.05) is 0 Å². The molecule has 0 fully saturated rings. The van der Waals surface area contributed by atoms with E-state index in [1.165, 1.54) is 0 Å². The number of benzene rings is 1. The summed E-state index contributed by atoms with van der Waals surface area (Å²) in [5.41, 5.74) is 1.10. The first-order valence-electron chi connectivity index (χ1n) is 5.55. The molecule has 0 saturated heterocycles. The molecule has 0 spiro atoms. The Hall–Kier alpha value is -1.51. The fourth-order valence-corrected chi connectivity index (χ4v) is 1.64. The molecule has 0 aliphatic carbocycles. The van der Waals surface area contributed by atoms with Gasteiger partial charge in [-0.15, -0.1) is 0 Å².